The first kappa shape index (κ1) is 10.9. The van der Waals surface area contributed by atoms with Crippen LogP contribution < -0.4 is 0 Å². The highest BCUT2D eigenvalue weighted by molar-refractivity contribution is 6.08. The molecule has 0 aliphatic heterocycles. The van der Waals surface area contributed by atoms with Gasteiger partial charge in [0.1, 0.15) is 0 Å². The van der Waals surface area contributed by atoms with Crippen LogP contribution in [0.5, 0.6) is 0 Å². The number of carbonyl (C=O) groups is 1. The molecule has 0 aliphatic carbocycles. The second-order valence-corrected chi connectivity index (χ2v) is 4.34. The minimum atomic E-state index is 0.103. The number of para-hydroxylation sites is 1. The van der Waals surface area contributed by atoms with Gasteiger partial charge in [-0.2, -0.15) is 0 Å². The lowest BCUT2D eigenvalue weighted by Gasteiger charge is -2.05. The number of rotatable bonds is 3. The number of hydrogen-bond acceptors (Lipinski definition) is 1. The van der Waals surface area contributed by atoms with Gasteiger partial charge in [-0.05, 0) is 12.5 Å². The van der Waals surface area contributed by atoms with Crippen LogP contribution in [0.25, 0.3) is 10.9 Å². The third kappa shape index (κ3) is 1.64. The lowest BCUT2D eigenvalue weighted by molar-refractivity contribution is 0.0929. The maximum atomic E-state index is 12.2. The molecule has 1 heterocycles. The van der Waals surface area contributed by atoms with Crippen LogP contribution in [0.2, 0.25) is 0 Å². The molecule has 2 nitrogen and oxygen atoms in total. The molecule has 2 aromatic rings. The van der Waals surface area contributed by atoms with E-state index < -0.39 is 0 Å². The van der Waals surface area contributed by atoms with E-state index in [2.05, 4.69) is 0 Å². The summed E-state index contributed by atoms with van der Waals surface area (Å²) in [4.78, 5) is 12.2. The van der Waals surface area contributed by atoms with Crippen molar-refractivity contribution in [1.29, 1.82) is 0 Å². The lowest BCUT2D eigenvalue weighted by atomic mass is 9.97. The molecule has 2 heteroatoms. The lowest BCUT2D eigenvalue weighted by Crippen LogP contribution is -2.09. The van der Waals surface area contributed by atoms with Crippen molar-refractivity contribution < 1.29 is 4.79 Å². The topological polar surface area (TPSA) is 22.0 Å². The van der Waals surface area contributed by atoms with Gasteiger partial charge in [0.15, 0.2) is 5.78 Å². The van der Waals surface area contributed by atoms with Crippen LogP contribution in [-0.2, 0) is 7.05 Å². The van der Waals surface area contributed by atoms with E-state index in [0.29, 0.717) is 0 Å². The molecule has 1 unspecified atom stereocenters. The summed E-state index contributed by atoms with van der Waals surface area (Å²) < 4.78 is 2.02. The maximum absolute atomic E-state index is 12.2. The third-order valence-electron chi connectivity index (χ3n) is 3.22. The Labute approximate surface area is 95.9 Å². The first-order chi connectivity index (χ1) is 7.65. The second kappa shape index (κ2) is 4.12. The number of benzene rings is 1. The Kier molecular flexibility index (Phi) is 2.82. The average molecular weight is 215 g/mol. The molecule has 1 atom stereocenters. The molecule has 0 spiro atoms. The van der Waals surface area contributed by atoms with Crippen molar-refractivity contribution in [3.8, 4) is 0 Å². The molecule has 2 rings (SSSR count). The van der Waals surface area contributed by atoms with Gasteiger partial charge >= 0.3 is 0 Å². The van der Waals surface area contributed by atoms with Crippen LogP contribution >= 0.6 is 0 Å². The summed E-state index contributed by atoms with van der Waals surface area (Å²) in [5.74, 6) is 0.352. The van der Waals surface area contributed by atoms with Crippen molar-refractivity contribution in [2.45, 2.75) is 20.3 Å². The summed E-state index contributed by atoms with van der Waals surface area (Å²) in [5, 5.41) is 1.07. The average Bonchev–Trinajstić information content (AvgIpc) is 2.65. The first-order valence-corrected chi connectivity index (χ1v) is 5.73. The maximum Gasteiger partial charge on any atom is 0.167 e. The number of hydrogen-bond donors (Lipinski definition) is 0. The fourth-order valence-electron chi connectivity index (χ4n) is 1.99. The Hall–Kier alpha value is -1.57. The molecule has 1 aromatic heterocycles. The van der Waals surface area contributed by atoms with Crippen LogP contribution in [0.1, 0.15) is 30.6 Å². The Bertz CT molecular complexity index is 525. The number of aromatic nitrogens is 1. The Morgan fingerprint density at radius 2 is 2.06 bits per heavy atom. The zero-order valence-corrected chi connectivity index (χ0v) is 10.0. The monoisotopic (exact) mass is 215 g/mol. The van der Waals surface area contributed by atoms with Crippen molar-refractivity contribution >= 4 is 16.7 Å². The molecule has 0 bridgehead atoms. The largest absolute Gasteiger partial charge is 0.350 e. The van der Waals surface area contributed by atoms with Gasteiger partial charge in [-0.1, -0.05) is 32.0 Å². The standard InChI is InChI=1S/C14H17NO/c1-4-10(2)14(16)12-9-15(3)13-8-6-5-7-11(12)13/h5-10H,4H2,1-3H3. The van der Waals surface area contributed by atoms with Gasteiger partial charge < -0.3 is 4.57 Å². The third-order valence-corrected chi connectivity index (χ3v) is 3.22. The SMILES string of the molecule is CCC(C)C(=O)c1cn(C)c2ccccc12. The zero-order chi connectivity index (χ0) is 11.7. The fraction of sp³-hybridized carbons (Fsp3) is 0.357. The number of aryl methyl sites for hydroxylation is 1. The highest BCUT2D eigenvalue weighted by Gasteiger charge is 2.17. The summed E-state index contributed by atoms with van der Waals surface area (Å²) in [5.41, 5.74) is 1.97. The molecule has 0 fully saturated rings. The van der Waals surface area contributed by atoms with Gasteiger partial charge in [0, 0.05) is 35.6 Å². The van der Waals surface area contributed by atoms with Gasteiger partial charge in [-0.15, -0.1) is 0 Å². The van der Waals surface area contributed by atoms with E-state index in [1.165, 1.54) is 0 Å². The van der Waals surface area contributed by atoms with Crippen molar-refractivity contribution in [2.75, 3.05) is 0 Å². The predicted octanol–water partition coefficient (Wildman–Crippen LogP) is 3.41. The molecule has 16 heavy (non-hydrogen) atoms. The summed E-state index contributed by atoms with van der Waals surface area (Å²) in [7, 11) is 1.98. The molecule has 0 radical (unpaired) electrons. The van der Waals surface area contributed by atoms with Crippen molar-refractivity contribution in [2.24, 2.45) is 13.0 Å². The van der Waals surface area contributed by atoms with Crippen LogP contribution in [0.4, 0.5) is 0 Å². The van der Waals surface area contributed by atoms with E-state index in [1.54, 1.807) is 0 Å². The smallest absolute Gasteiger partial charge is 0.167 e. The molecule has 0 N–H and O–H groups in total. The van der Waals surface area contributed by atoms with Crippen LogP contribution in [0.3, 0.4) is 0 Å². The van der Waals surface area contributed by atoms with Gasteiger partial charge in [0.2, 0.25) is 0 Å². The van der Waals surface area contributed by atoms with Gasteiger partial charge in [0.25, 0.3) is 0 Å². The van der Waals surface area contributed by atoms with E-state index in [-0.39, 0.29) is 11.7 Å². The van der Waals surface area contributed by atoms with Crippen LogP contribution in [0, 0.1) is 5.92 Å². The normalized spacial score (nSPS) is 12.9. The molecular weight excluding hydrogens is 198 g/mol. The summed E-state index contributed by atoms with van der Waals surface area (Å²) >= 11 is 0. The quantitative estimate of drug-likeness (QED) is 0.719. The van der Waals surface area contributed by atoms with E-state index >= 15 is 0 Å². The van der Waals surface area contributed by atoms with Gasteiger partial charge in [-0.25, -0.2) is 0 Å². The molecule has 0 saturated heterocycles. The van der Waals surface area contributed by atoms with E-state index in [0.717, 1.165) is 22.9 Å². The number of carbonyl (C=O) groups excluding carboxylic acids is 1. The van der Waals surface area contributed by atoms with Crippen molar-refractivity contribution in [3.63, 3.8) is 0 Å². The van der Waals surface area contributed by atoms with Crippen LogP contribution in [-0.4, -0.2) is 10.4 Å². The Morgan fingerprint density at radius 1 is 1.38 bits per heavy atom. The summed E-state index contributed by atoms with van der Waals surface area (Å²) in [6.45, 7) is 4.04. The van der Waals surface area contributed by atoms with Crippen molar-refractivity contribution in [3.05, 3.63) is 36.0 Å². The molecule has 0 amide bonds. The van der Waals surface area contributed by atoms with E-state index in [1.807, 2.05) is 55.9 Å². The molecular formula is C14H17NO. The highest BCUT2D eigenvalue weighted by Crippen LogP contribution is 2.23. The van der Waals surface area contributed by atoms with Crippen LogP contribution in [0.15, 0.2) is 30.5 Å². The van der Waals surface area contributed by atoms with E-state index in [4.69, 9.17) is 0 Å². The molecule has 0 saturated carbocycles. The second-order valence-electron chi connectivity index (χ2n) is 4.34. The summed E-state index contributed by atoms with van der Waals surface area (Å²) in [6.07, 6.45) is 2.83. The predicted molar refractivity (Wildman–Crippen MR) is 66.7 cm³/mol. The Balaban J connectivity index is 2.57. The molecule has 84 valence electrons. The fourth-order valence-corrected chi connectivity index (χ4v) is 1.99. The minimum absolute atomic E-state index is 0.103. The minimum Gasteiger partial charge on any atom is -0.350 e. The Morgan fingerprint density at radius 3 is 2.75 bits per heavy atom. The number of fused-ring (bicyclic) bond motifs is 1. The molecule has 0 aliphatic rings. The number of Topliss-reactive ketones (excluding diaryl/α,β-unsaturated/α-hetero) is 1. The highest BCUT2D eigenvalue weighted by atomic mass is 16.1. The number of nitrogens with zero attached hydrogens (tertiary/aromatic N) is 1. The first-order valence-electron chi connectivity index (χ1n) is 5.73. The van der Waals surface area contributed by atoms with Gasteiger partial charge in [0.05, 0.1) is 0 Å². The van der Waals surface area contributed by atoms with Crippen molar-refractivity contribution in [1.82, 2.24) is 4.57 Å². The summed E-state index contributed by atoms with van der Waals surface area (Å²) in [6, 6.07) is 8.04. The van der Waals surface area contributed by atoms with E-state index in [9.17, 15) is 4.79 Å². The van der Waals surface area contributed by atoms with Gasteiger partial charge in [-0.3, -0.25) is 4.79 Å². The zero-order valence-electron chi connectivity index (χ0n) is 10.0. The molecule has 1 aromatic carbocycles. The number of ketones is 1.